The first-order valence-electron chi connectivity index (χ1n) is 11.0. The number of ether oxygens (including phenoxy) is 7. The summed E-state index contributed by atoms with van der Waals surface area (Å²) in [6.45, 7) is 0. The standard InChI is InChI=1S/C27H28O8/c1-29-18-13-20(30-2)19-15-24(35-27(28)16-9-7-6-8-10-16)25(34-21(19)14-18)17-11-22(31-3)26(33-5)23(12-17)32-4/h6-14,24-25H,15H2,1-5H3/t24-,25-/m1/s1. The zero-order valence-electron chi connectivity index (χ0n) is 20.3. The minimum absolute atomic E-state index is 0.363. The van der Waals surface area contributed by atoms with Gasteiger partial charge in [-0.05, 0) is 24.3 Å². The monoisotopic (exact) mass is 480 g/mol. The summed E-state index contributed by atoms with van der Waals surface area (Å²) < 4.78 is 39.9. The fourth-order valence-electron chi connectivity index (χ4n) is 4.15. The third-order valence-electron chi connectivity index (χ3n) is 5.88. The molecule has 0 fully saturated rings. The summed E-state index contributed by atoms with van der Waals surface area (Å²) in [5, 5.41) is 0. The second-order valence-electron chi connectivity index (χ2n) is 7.82. The van der Waals surface area contributed by atoms with Crippen molar-refractivity contribution in [3.05, 3.63) is 71.3 Å². The summed E-state index contributed by atoms with van der Waals surface area (Å²) in [6, 6.07) is 16.0. The number of carbonyl (C=O) groups excluding carboxylic acids is 1. The first-order valence-corrected chi connectivity index (χ1v) is 11.0. The Bertz CT molecular complexity index is 1170. The lowest BCUT2D eigenvalue weighted by Crippen LogP contribution is -2.35. The first kappa shape index (κ1) is 24.1. The van der Waals surface area contributed by atoms with Gasteiger partial charge in [-0.3, -0.25) is 0 Å². The highest BCUT2D eigenvalue weighted by Crippen LogP contribution is 2.46. The number of carbonyl (C=O) groups is 1. The Balaban J connectivity index is 1.80. The highest BCUT2D eigenvalue weighted by Gasteiger charge is 2.37. The van der Waals surface area contributed by atoms with Gasteiger partial charge >= 0.3 is 5.97 Å². The summed E-state index contributed by atoms with van der Waals surface area (Å²) in [5.74, 6) is 2.68. The number of fused-ring (bicyclic) bond motifs is 1. The van der Waals surface area contributed by atoms with Crippen molar-refractivity contribution in [1.29, 1.82) is 0 Å². The van der Waals surface area contributed by atoms with Crippen LogP contribution in [0.1, 0.15) is 27.6 Å². The summed E-state index contributed by atoms with van der Waals surface area (Å²) in [5.41, 5.74) is 1.92. The van der Waals surface area contributed by atoms with E-state index in [-0.39, 0.29) is 0 Å². The fraction of sp³-hybridized carbons (Fsp3) is 0.296. The van der Waals surface area contributed by atoms with E-state index in [1.807, 2.05) is 6.07 Å². The molecule has 1 aliphatic rings. The molecule has 8 nitrogen and oxygen atoms in total. The normalized spacial score (nSPS) is 16.4. The van der Waals surface area contributed by atoms with Gasteiger partial charge in [0, 0.05) is 29.7 Å². The SMILES string of the molecule is COc1cc(OC)c2c(c1)O[C@H](c1cc(OC)c(OC)c(OC)c1)[C@H](OC(=O)c1ccccc1)C2. The average Bonchev–Trinajstić information content (AvgIpc) is 2.91. The molecular formula is C27H28O8. The molecular weight excluding hydrogens is 452 g/mol. The zero-order chi connectivity index (χ0) is 24.9. The van der Waals surface area contributed by atoms with Gasteiger partial charge in [-0.2, -0.15) is 0 Å². The Morgan fingerprint density at radius 2 is 1.46 bits per heavy atom. The maximum atomic E-state index is 13.0. The highest BCUT2D eigenvalue weighted by atomic mass is 16.6. The van der Waals surface area contributed by atoms with E-state index in [4.69, 9.17) is 33.2 Å². The van der Waals surface area contributed by atoms with Crippen molar-refractivity contribution < 1.29 is 38.0 Å². The fourth-order valence-corrected chi connectivity index (χ4v) is 4.15. The summed E-state index contributed by atoms with van der Waals surface area (Å²) in [6.07, 6.45) is -0.969. The molecule has 0 saturated carbocycles. The number of esters is 1. The third-order valence-corrected chi connectivity index (χ3v) is 5.88. The van der Waals surface area contributed by atoms with E-state index >= 15 is 0 Å². The Kier molecular flexibility index (Phi) is 7.19. The van der Waals surface area contributed by atoms with Crippen molar-refractivity contribution in [3.63, 3.8) is 0 Å². The van der Waals surface area contributed by atoms with E-state index in [2.05, 4.69) is 0 Å². The highest BCUT2D eigenvalue weighted by molar-refractivity contribution is 5.89. The van der Waals surface area contributed by atoms with Gasteiger partial charge in [0.25, 0.3) is 0 Å². The van der Waals surface area contributed by atoms with Crippen molar-refractivity contribution in [2.45, 2.75) is 18.6 Å². The Hall–Kier alpha value is -4.07. The Labute approximate surface area is 204 Å². The largest absolute Gasteiger partial charge is 0.496 e. The Morgan fingerprint density at radius 1 is 0.800 bits per heavy atom. The van der Waals surface area contributed by atoms with E-state index in [0.29, 0.717) is 52.0 Å². The zero-order valence-corrected chi connectivity index (χ0v) is 20.3. The molecule has 1 aliphatic heterocycles. The molecule has 0 aliphatic carbocycles. The number of benzene rings is 3. The van der Waals surface area contributed by atoms with Crippen molar-refractivity contribution in [2.75, 3.05) is 35.5 Å². The van der Waals surface area contributed by atoms with E-state index in [1.165, 1.54) is 7.11 Å². The molecule has 0 radical (unpaired) electrons. The minimum atomic E-state index is -0.666. The number of methoxy groups -OCH3 is 5. The molecule has 4 rings (SSSR count). The molecule has 0 N–H and O–H groups in total. The van der Waals surface area contributed by atoms with Crippen LogP contribution in [-0.2, 0) is 11.2 Å². The Morgan fingerprint density at radius 3 is 2.03 bits per heavy atom. The van der Waals surface area contributed by atoms with Crippen LogP contribution >= 0.6 is 0 Å². The molecule has 0 unspecified atom stereocenters. The van der Waals surface area contributed by atoms with Gasteiger partial charge in [-0.15, -0.1) is 0 Å². The van der Waals surface area contributed by atoms with E-state index in [9.17, 15) is 4.79 Å². The van der Waals surface area contributed by atoms with Crippen LogP contribution in [0.15, 0.2) is 54.6 Å². The van der Waals surface area contributed by atoms with Crippen LogP contribution in [0.2, 0.25) is 0 Å². The molecule has 1 heterocycles. The van der Waals surface area contributed by atoms with E-state index < -0.39 is 18.2 Å². The molecule has 8 heteroatoms. The third kappa shape index (κ3) is 4.77. The van der Waals surface area contributed by atoms with Crippen LogP contribution in [0.4, 0.5) is 0 Å². The van der Waals surface area contributed by atoms with Crippen LogP contribution in [0, 0.1) is 0 Å². The maximum Gasteiger partial charge on any atom is 0.338 e. The van der Waals surface area contributed by atoms with Gasteiger partial charge in [0.05, 0.1) is 41.1 Å². The smallest absolute Gasteiger partial charge is 0.338 e. The second-order valence-corrected chi connectivity index (χ2v) is 7.82. The van der Waals surface area contributed by atoms with Crippen molar-refractivity contribution in [1.82, 2.24) is 0 Å². The number of hydrogen-bond donors (Lipinski definition) is 0. The summed E-state index contributed by atoms with van der Waals surface area (Å²) >= 11 is 0. The van der Waals surface area contributed by atoms with E-state index in [1.54, 1.807) is 77.0 Å². The molecule has 2 atom stereocenters. The first-order chi connectivity index (χ1) is 17.0. The van der Waals surface area contributed by atoms with Crippen LogP contribution in [0.25, 0.3) is 0 Å². The van der Waals surface area contributed by atoms with Gasteiger partial charge in [0.2, 0.25) is 5.75 Å². The van der Waals surface area contributed by atoms with Gasteiger partial charge in [0.1, 0.15) is 23.4 Å². The summed E-state index contributed by atoms with van der Waals surface area (Å²) in [7, 11) is 7.77. The molecule has 3 aromatic carbocycles. The summed E-state index contributed by atoms with van der Waals surface area (Å²) in [4.78, 5) is 13.0. The van der Waals surface area contributed by atoms with Gasteiger partial charge in [0.15, 0.2) is 17.6 Å². The van der Waals surface area contributed by atoms with Gasteiger partial charge in [-0.1, -0.05) is 18.2 Å². The molecule has 3 aromatic rings. The van der Waals surface area contributed by atoms with Crippen molar-refractivity contribution in [3.8, 4) is 34.5 Å². The van der Waals surface area contributed by atoms with Crippen LogP contribution in [0.3, 0.4) is 0 Å². The van der Waals surface area contributed by atoms with E-state index in [0.717, 1.165) is 5.56 Å². The molecule has 0 spiro atoms. The molecule has 0 saturated heterocycles. The molecule has 35 heavy (non-hydrogen) atoms. The number of rotatable bonds is 8. The average molecular weight is 481 g/mol. The maximum absolute atomic E-state index is 13.0. The predicted molar refractivity (Wildman–Crippen MR) is 128 cm³/mol. The molecule has 0 bridgehead atoms. The lowest BCUT2D eigenvalue weighted by molar-refractivity contribution is -0.0188. The van der Waals surface area contributed by atoms with Crippen LogP contribution < -0.4 is 28.4 Å². The minimum Gasteiger partial charge on any atom is -0.496 e. The van der Waals surface area contributed by atoms with Gasteiger partial charge in [-0.25, -0.2) is 4.79 Å². The quantitative estimate of drug-likeness (QED) is 0.432. The lowest BCUT2D eigenvalue weighted by atomic mass is 9.93. The van der Waals surface area contributed by atoms with Crippen LogP contribution in [-0.4, -0.2) is 47.6 Å². The predicted octanol–water partition coefficient (Wildman–Crippen LogP) is 4.63. The van der Waals surface area contributed by atoms with Gasteiger partial charge < -0.3 is 33.2 Å². The lowest BCUT2D eigenvalue weighted by Gasteiger charge is -2.34. The molecule has 0 aromatic heterocycles. The van der Waals surface area contributed by atoms with Crippen molar-refractivity contribution >= 4 is 5.97 Å². The number of hydrogen-bond acceptors (Lipinski definition) is 8. The topological polar surface area (TPSA) is 81.7 Å². The molecule has 0 amide bonds. The molecule has 184 valence electrons. The second kappa shape index (κ2) is 10.5. The van der Waals surface area contributed by atoms with Crippen molar-refractivity contribution in [2.24, 2.45) is 0 Å². The van der Waals surface area contributed by atoms with Crippen LogP contribution in [0.5, 0.6) is 34.5 Å².